The lowest BCUT2D eigenvalue weighted by atomic mass is 9.97. The number of nitrogens with one attached hydrogen (secondary N) is 2. The lowest BCUT2D eigenvalue weighted by molar-refractivity contribution is 0.00222. The number of hydrogen-bond acceptors (Lipinski definition) is 4. The molecule has 2 aliphatic heterocycles. The van der Waals surface area contributed by atoms with Gasteiger partial charge in [0.25, 0.3) is 0 Å². The van der Waals surface area contributed by atoms with Crippen molar-refractivity contribution in [2.45, 2.75) is 12.5 Å². The molecule has 0 saturated carbocycles. The third-order valence-electron chi connectivity index (χ3n) is 5.53. The number of rotatable bonds is 5. The second-order valence-corrected chi connectivity index (χ2v) is 7.20. The van der Waals surface area contributed by atoms with E-state index in [1.54, 1.807) is 0 Å². The zero-order valence-electron chi connectivity index (χ0n) is 15.5. The fraction of sp³-hybridized carbons (Fsp3) is 0.476. The van der Waals surface area contributed by atoms with Gasteiger partial charge in [-0.3, -0.25) is 4.90 Å². The Hall–Kier alpha value is -2.15. The Morgan fingerprint density at radius 2 is 1.89 bits per heavy atom. The summed E-state index contributed by atoms with van der Waals surface area (Å²) in [5.41, 5.74) is 0.831. The molecule has 2 aliphatic rings. The molecule has 0 spiro atoms. The van der Waals surface area contributed by atoms with Crippen LogP contribution in [0.4, 0.5) is 10.5 Å². The predicted molar refractivity (Wildman–Crippen MR) is 106 cm³/mol. The largest absolute Gasteiger partial charge is 0.381 e. The van der Waals surface area contributed by atoms with Crippen LogP contribution >= 0.6 is 0 Å². The number of carbonyl (C=O) groups excluding carboxylic acids is 1. The maximum atomic E-state index is 12.6. The maximum absolute atomic E-state index is 12.6. The normalized spacial score (nSPS) is 21.9. The highest BCUT2D eigenvalue weighted by Crippen LogP contribution is 2.24. The molecule has 2 fully saturated rings. The Kier molecular flexibility index (Phi) is 5.87. The van der Waals surface area contributed by atoms with Gasteiger partial charge in [0.2, 0.25) is 0 Å². The zero-order chi connectivity index (χ0) is 18.5. The Labute approximate surface area is 159 Å². The lowest BCUT2D eigenvalue weighted by Crippen LogP contribution is -2.52. The molecule has 0 unspecified atom stereocenters. The van der Waals surface area contributed by atoms with Crippen LogP contribution in [0.2, 0.25) is 0 Å². The summed E-state index contributed by atoms with van der Waals surface area (Å²) in [5, 5.41) is 8.25. The molecule has 0 radical (unpaired) electrons. The first-order chi connectivity index (χ1) is 13.3. The molecule has 2 saturated heterocycles. The van der Waals surface area contributed by atoms with Crippen LogP contribution in [0.25, 0.3) is 10.8 Å². The van der Waals surface area contributed by atoms with Crippen molar-refractivity contribution in [2.24, 2.45) is 5.92 Å². The quantitative estimate of drug-likeness (QED) is 0.851. The summed E-state index contributed by atoms with van der Waals surface area (Å²) in [5.74, 6) is 0.459. The van der Waals surface area contributed by atoms with Gasteiger partial charge in [0, 0.05) is 43.6 Å². The third kappa shape index (κ3) is 4.40. The van der Waals surface area contributed by atoms with Gasteiger partial charge in [0.15, 0.2) is 0 Å². The first-order valence-electron chi connectivity index (χ1n) is 9.73. The average Bonchev–Trinajstić information content (AvgIpc) is 3.24. The Bertz CT molecular complexity index is 765. The van der Waals surface area contributed by atoms with Crippen LogP contribution in [-0.4, -0.2) is 63.0 Å². The molecule has 144 valence electrons. The van der Waals surface area contributed by atoms with Crippen LogP contribution in [0.5, 0.6) is 0 Å². The minimum absolute atomic E-state index is 0.163. The minimum Gasteiger partial charge on any atom is -0.381 e. The van der Waals surface area contributed by atoms with Crippen molar-refractivity contribution in [3.63, 3.8) is 0 Å². The average molecular weight is 369 g/mol. The van der Waals surface area contributed by atoms with E-state index in [1.165, 1.54) is 0 Å². The number of hydrogen-bond donors (Lipinski definition) is 2. The molecule has 2 atom stereocenters. The van der Waals surface area contributed by atoms with E-state index < -0.39 is 0 Å². The van der Waals surface area contributed by atoms with Crippen molar-refractivity contribution >= 4 is 22.5 Å². The van der Waals surface area contributed by atoms with Crippen molar-refractivity contribution in [2.75, 3.05) is 51.4 Å². The van der Waals surface area contributed by atoms with E-state index in [0.717, 1.165) is 62.4 Å². The van der Waals surface area contributed by atoms with Crippen molar-refractivity contribution < 1.29 is 14.3 Å². The lowest BCUT2D eigenvalue weighted by Gasteiger charge is -2.37. The first-order valence-corrected chi connectivity index (χ1v) is 9.73. The van der Waals surface area contributed by atoms with Crippen LogP contribution in [-0.2, 0) is 9.47 Å². The number of carbonyl (C=O) groups is 1. The Morgan fingerprint density at radius 1 is 1.07 bits per heavy atom. The van der Waals surface area contributed by atoms with E-state index in [2.05, 4.69) is 15.5 Å². The molecule has 2 aromatic carbocycles. The highest BCUT2D eigenvalue weighted by molar-refractivity contribution is 6.01. The maximum Gasteiger partial charge on any atom is 0.319 e. The van der Waals surface area contributed by atoms with Crippen molar-refractivity contribution in [1.82, 2.24) is 10.2 Å². The number of urea groups is 1. The number of fused-ring (bicyclic) bond motifs is 1. The van der Waals surface area contributed by atoms with Gasteiger partial charge in [-0.05, 0) is 17.9 Å². The Morgan fingerprint density at radius 3 is 2.70 bits per heavy atom. The van der Waals surface area contributed by atoms with Gasteiger partial charge in [-0.25, -0.2) is 4.79 Å². The van der Waals surface area contributed by atoms with E-state index in [9.17, 15) is 4.79 Å². The number of amides is 2. The van der Waals surface area contributed by atoms with E-state index in [0.29, 0.717) is 12.5 Å². The summed E-state index contributed by atoms with van der Waals surface area (Å²) in [6.07, 6.45) is 1.05. The molecule has 2 aromatic rings. The van der Waals surface area contributed by atoms with Crippen molar-refractivity contribution in [1.29, 1.82) is 0 Å². The molecule has 2 amide bonds. The third-order valence-corrected chi connectivity index (χ3v) is 5.53. The van der Waals surface area contributed by atoms with Gasteiger partial charge in [-0.1, -0.05) is 36.4 Å². The number of morpholine rings is 1. The SMILES string of the molecule is O=C(NC[C@@H]([C@@H]1CCOC1)N1CCOCC1)Nc1cccc2ccccc12. The summed E-state index contributed by atoms with van der Waals surface area (Å²) in [4.78, 5) is 15.0. The second kappa shape index (κ2) is 8.69. The molecule has 4 rings (SSSR count). The Balaban J connectivity index is 1.40. The molecule has 27 heavy (non-hydrogen) atoms. The van der Waals surface area contributed by atoms with Gasteiger partial charge >= 0.3 is 6.03 Å². The van der Waals surface area contributed by atoms with E-state index in [4.69, 9.17) is 9.47 Å². The van der Waals surface area contributed by atoms with Crippen LogP contribution in [0.3, 0.4) is 0 Å². The molecule has 2 heterocycles. The molecule has 0 aliphatic carbocycles. The van der Waals surface area contributed by atoms with Gasteiger partial charge < -0.3 is 20.1 Å². The molecular formula is C21H27N3O3. The first kappa shape index (κ1) is 18.2. The molecular weight excluding hydrogens is 342 g/mol. The van der Waals surface area contributed by atoms with Crippen LogP contribution < -0.4 is 10.6 Å². The van der Waals surface area contributed by atoms with Crippen LogP contribution in [0.1, 0.15) is 6.42 Å². The van der Waals surface area contributed by atoms with Crippen molar-refractivity contribution in [3.05, 3.63) is 42.5 Å². The van der Waals surface area contributed by atoms with Gasteiger partial charge in [-0.15, -0.1) is 0 Å². The molecule has 0 bridgehead atoms. The second-order valence-electron chi connectivity index (χ2n) is 7.20. The monoisotopic (exact) mass is 369 g/mol. The number of benzene rings is 2. The molecule has 0 aromatic heterocycles. The van der Waals surface area contributed by atoms with E-state index in [-0.39, 0.29) is 12.1 Å². The van der Waals surface area contributed by atoms with Crippen LogP contribution in [0, 0.1) is 5.92 Å². The van der Waals surface area contributed by atoms with Gasteiger partial charge in [0.1, 0.15) is 0 Å². The predicted octanol–water partition coefficient (Wildman–Crippen LogP) is 2.70. The summed E-state index contributed by atoms with van der Waals surface area (Å²) >= 11 is 0. The standard InChI is InChI=1S/C21H27N3O3/c25-21(23-19-7-3-5-16-4-1-2-6-18(16)19)22-14-20(17-8-11-27-15-17)24-9-12-26-13-10-24/h1-7,17,20H,8-15H2,(H2,22,23,25)/t17-,20+/m1/s1. The number of nitrogens with zero attached hydrogens (tertiary/aromatic N) is 1. The van der Waals surface area contributed by atoms with Crippen LogP contribution in [0.15, 0.2) is 42.5 Å². The molecule has 6 nitrogen and oxygen atoms in total. The highest BCUT2D eigenvalue weighted by Gasteiger charge is 2.31. The highest BCUT2D eigenvalue weighted by atomic mass is 16.5. The zero-order valence-corrected chi connectivity index (χ0v) is 15.5. The molecule has 2 N–H and O–H groups in total. The molecule has 6 heteroatoms. The fourth-order valence-electron chi connectivity index (χ4n) is 4.06. The fourth-order valence-corrected chi connectivity index (χ4v) is 4.06. The number of anilines is 1. The summed E-state index contributed by atoms with van der Waals surface area (Å²) in [7, 11) is 0. The van der Waals surface area contributed by atoms with Crippen molar-refractivity contribution in [3.8, 4) is 0 Å². The summed E-state index contributed by atoms with van der Waals surface area (Å²) < 4.78 is 11.1. The summed E-state index contributed by atoms with van der Waals surface area (Å²) in [6, 6.07) is 14.1. The van der Waals surface area contributed by atoms with E-state index in [1.807, 2.05) is 42.5 Å². The summed E-state index contributed by atoms with van der Waals surface area (Å²) in [6.45, 7) is 5.53. The van der Waals surface area contributed by atoms with Gasteiger partial charge in [-0.2, -0.15) is 0 Å². The number of ether oxygens (including phenoxy) is 2. The smallest absolute Gasteiger partial charge is 0.319 e. The van der Waals surface area contributed by atoms with E-state index >= 15 is 0 Å². The minimum atomic E-state index is -0.163. The van der Waals surface area contributed by atoms with Gasteiger partial charge in [0.05, 0.1) is 25.5 Å². The topological polar surface area (TPSA) is 62.8 Å².